The number of azide groups is 2. The third-order valence-electron chi connectivity index (χ3n) is 7.73. The van der Waals surface area contributed by atoms with Gasteiger partial charge in [-0.05, 0) is 69.7 Å². The Hall–Kier alpha value is -5.22. The summed E-state index contributed by atoms with van der Waals surface area (Å²) in [7, 11) is 0. The zero-order chi connectivity index (χ0) is 33.9. The fraction of sp³-hybridized carbons (Fsp3) is 0.235. The maximum atomic E-state index is 14.7. The van der Waals surface area contributed by atoms with Gasteiger partial charge in [-0.2, -0.15) is 0 Å². The number of nitrogens with zero attached hydrogens (tertiary/aromatic N) is 7. The number of aliphatic imine (C=N–C) groups is 1. The third kappa shape index (κ3) is 7.83. The number of amides is 1. The molecule has 2 atom stereocenters. The summed E-state index contributed by atoms with van der Waals surface area (Å²) in [6.07, 6.45) is -0.530. The van der Waals surface area contributed by atoms with Gasteiger partial charge in [-0.25, -0.2) is 4.99 Å². The number of aliphatic hydroxyl groups is 1. The quantitative estimate of drug-likeness (QED) is 0.0587. The van der Waals surface area contributed by atoms with Crippen LogP contribution in [0.25, 0.3) is 20.9 Å². The molecule has 2 N–H and O–H groups in total. The first-order valence-corrected chi connectivity index (χ1v) is 15.7. The summed E-state index contributed by atoms with van der Waals surface area (Å²) in [6, 6.07) is 26.2. The van der Waals surface area contributed by atoms with Crippen molar-refractivity contribution >= 4 is 40.7 Å². The van der Waals surface area contributed by atoms with Crippen LogP contribution < -0.4 is 10.1 Å². The van der Waals surface area contributed by atoms with Crippen LogP contribution in [0.3, 0.4) is 0 Å². The lowest BCUT2D eigenvalue weighted by Crippen LogP contribution is -2.50. The molecule has 0 spiro atoms. The standard InChI is InChI=1S/C34H30Cl2N8O4/c35-26-13-10-25(29(36)18-26)20-39-33(46)34(19-23-6-2-4-9-30(23)42-44-38)31(28-8-3-1-7-24(28)21-40-43-37)48-32(41-34)22-11-14-27(15-12-22)47-17-5-16-45/h1-4,6-15,18,31,45H,5,16-17,19-21H2,(H,39,46)/t31-,34-/m1/s1. The maximum Gasteiger partial charge on any atom is 0.252 e. The van der Waals surface area contributed by atoms with Gasteiger partial charge in [-0.1, -0.05) is 88.0 Å². The van der Waals surface area contributed by atoms with Gasteiger partial charge >= 0.3 is 0 Å². The Kier molecular flexibility index (Phi) is 11.4. The molecule has 1 amide bonds. The van der Waals surface area contributed by atoms with Crippen molar-refractivity contribution < 1.29 is 19.4 Å². The second kappa shape index (κ2) is 16.1. The van der Waals surface area contributed by atoms with Crippen molar-refractivity contribution in [3.8, 4) is 5.75 Å². The Morgan fingerprint density at radius 1 is 0.979 bits per heavy atom. The molecular weight excluding hydrogens is 655 g/mol. The number of carbonyl (C=O) groups is 1. The van der Waals surface area contributed by atoms with Crippen LogP contribution in [0.15, 0.2) is 106 Å². The van der Waals surface area contributed by atoms with E-state index in [4.69, 9.17) is 48.3 Å². The molecule has 0 bridgehead atoms. The summed E-state index contributed by atoms with van der Waals surface area (Å²) < 4.78 is 12.3. The lowest BCUT2D eigenvalue weighted by Gasteiger charge is -2.32. The average Bonchev–Trinajstić information content (AvgIpc) is 3.48. The lowest BCUT2D eigenvalue weighted by molar-refractivity contribution is -0.129. The predicted molar refractivity (Wildman–Crippen MR) is 183 cm³/mol. The molecule has 0 aliphatic carbocycles. The van der Waals surface area contributed by atoms with Crippen LogP contribution in [0.4, 0.5) is 5.69 Å². The smallest absolute Gasteiger partial charge is 0.252 e. The lowest BCUT2D eigenvalue weighted by atomic mass is 9.80. The predicted octanol–water partition coefficient (Wildman–Crippen LogP) is 8.32. The van der Waals surface area contributed by atoms with Crippen molar-refractivity contribution in [3.63, 3.8) is 0 Å². The normalized spacial score (nSPS) is 16.6. The SMILES string of the molecule is [N-]=[N+]=NCc1ccccc1[C@H]1OC(c2ccc(OCCCO)cc2)=N[C@@]1(Cc1ccccc1N=[N+]=[N-])C(=O)NCc1ccc(Cl)cc1Cl. The molecule has 0 unspecified atom stereocenters. The topological polar surface area (TPSA) is 178 Å². The van der Waals surface area contributed by atoms with Gasteiger partial charge in [0.25, 0.3) is 5.91 Å². The van der Waals surface area contributed by atoms with Crippen molar-refractivity contribution in [2.24, 2.45) is 15.2 Å². The van der Waals surface area contributed by atoms with Crippen molar-refractivity contribution in [2.45, 2.75) is 37.6 Å². The van der Waals surface area contributed by atoms with E-state index in [0.29, 0.717) is 62.3 Å². The van der Waals surface area contributed by atoms with E-state index in [0.717, 1.165) is 0 Å². The number of hydrogen-bond acceptors (Lipinski definition) is 7. The van der Waals surface area contributed by atoms with Gasteiger partial charge in [0.15, 0.2) is 11.6 Å². The Labute approximate surface area is 286 Å². The van der Waals surface area contributed by atoms with Gasteiger partial charge in [0.1, 0.15) is 5.75 Å². The summed E-state index contributed by atoms with van der Waals surface area (Å²) in [5.74, 6) is 0.308. The van der Waals surface area contributed by atoms with E-state index < -0.39 is 17.6 Å². The Bertz CT molecular complexity index is 1910. The Morgan fingerprint density at radius 3 is 2.46 bits per heavy atom. The number of carbonyl (C=O) groups excluding carboxylic acids is 1. The first-order valence-electron chi connectivity index (χ1n) is 14.9. The fourth-order valence-corrected chi connectivity index (χ4v) is 5.87. The molecule has 0 aromatic heterocycles. The fourth-order valence-electron chi connectivity index (χ4n) is 5.39. The number of rotatable bonds is 14. The minimum Gasteiger partial charge on any atom is -0.494 e. The number of aliphatic hydroxyl groups excluding tert-OH is 1. The highest BCUT2D eigenvalue weighted by Gasteiger charge is 2.54. The van der Waals surface area contributed by atoms with Crippen molar-refractivity contribution in [1.82, 2.24) is 5.32 Å². The van der Waals surface area contributed by atoms with Crippen molar-refractivity contribution in [3.05, 3.63) is 150 Å². The molecule has 0 fully saturated rings. The van der Waals surface area contributed by atoms with E-state index in [9.17, 15) is 10.3 Å². The number of hydrogen-bond donors (Lipinski definition) is 2. The molecule has 12 nitrogen and oxygen atoms in total. The van der Waals surface area contributed by atoms with E-state index in [1.54, 1.807) is 91.0 Å². The van der Waals surface area contributed by atoms with Gasteiger partial charge < -0.3 is 19.9 Å². The largest absolute Gasteiger partial charge is 0.494 e. The molecule has 1 aliphatic heterocycles. The number of benzene rings is 4. The third-order valence-corrected chi connectivity index (χ3v) is 8.32. The van der Waals surface area contributed by atoms with E-state index in [2.05, 4.69) is 25.4 Å². The van der Waals surface area contributed by atoms with Crippen LogP contribution in [-0.4, -0.2) is 35.7 Å². The maximum absolute atomic E-state index is 14.7. The van der Waals surface area contributed by atoms with E-state index >= 15 is 0 Å². The van der Waals surface area contributed by atoms with Crippen LogP contribution in [0, 0.1) is 0 Å². The molecule has 0 radical (unpaired) electrons. The highest BCUT2D eigenvalue weighted by Crippen LogP contribution is 2.45. The molecule has 0 saturated heterocycles. The molecule has 244 valence electrons. The molecule has 48 heavy (non-hydrogen) atoms. The summed E-state index contributed by atoms with van der Waals surface area (Å²) in [5.41, 5.74) is 20.1. The number of nitrogens with one attached hydrogen (secondary N) is 1. The molecule has 1 aliphatic rings. The second-order valence-corrected chi connectivity index (χ2v) is 11.6. The zero-order valence-corrected chi connectivity index (χ0v) is 27.1. The molecule has 4 aromatic carbocycles. The van der Waals surface area contributed by atoms with Gasteiger partial charge in [-0.3, -0.25) is 4.79 Å². The summed E-state index contributed by atoms with van der Waals surface area (Å²) in [4.78, 5) is 25.6. The molecule has 1 heterocycles. The highest BCUT2D eigenvalue weighted by atomic mass is 35.5. The summed E-state index contributed by atoms with van der Waals surface area (Å²) >= 11 is 12.5. The van der Waals surface area contributed by atoms with E-state index in [1.165, 1.54) is 0 Å². The number of ether oxygens (including phenoxy) is 2. The molecule has 5 rings (SSSR count). The minimum absolute atomic E-state index is 0.00906. The second-order valence-electron chi connectivity index (χ2n) is 10.8. The zero-order valence-electron chi connectivity index (χ0n) is 25.5. The Morgan fingerprint density at radius 2 is 1.73 bits per heavy atom. The van der Waals surface area contributed by atoms with Crippen molar-refractivity contribution in [2.75, 3.05) is 13.2 Å². The van der Waals surface area contributed by atoms with Gasteiger partial charge in [0.2, 0.25) is 5.90 Å². The first-order chi connectivity index (χ1) is 23.4. The van der Waals surface area contributed by atoms with E-state index in [1.807, 2.05) is 0 Å². The van der Waals surface area contributed by atoms with Gasteiger partial charge in [-0.15, -0.1) is 0 Å². The van der Waals surface area contributed by atoms with E-state index in [-0.39, 0.29) is 32.0 Å². The average molecular weight is 686 g/mol. The Balaban J connectivity index is 1.65. The summed E-state index contributed by atoms with van der Waals surface area (Å²) in [6.45, 7) is 0.437. The highest BCUT2D eigenvalue weighted by molar-refractivity contribution is 6.35. The molecular formula is C34H30Cl2N8O4. The first kappa shape index (κ1) is 34.1. The minimum atomic E-state index is -1.64. The van der Waals surface area contributed by atoms with Crippen LogP contribution in [0.1, 0.15) is 40.3 Å². The number of halogens is 2. The molecule has 14 heteroatoms. The monoisotopic (exact) mass is 684 g/mol. The van der Waals surface area contributed by atoms with Crippen molar-refractivity contribution in [1.29, 1.82) is 0 Å². The van der Waals surface area contributed by atoms with Crippen LogP contribution in [0.2, 0.25) is 10.0 Å². The van der Waals surface area contributed by atoms with Gasteiger partial charge in [0, 0.05) is 57.1 Å². The van der Waals surface area contributed by atoms with Crippen LogP contribution in [0.5, 0.6) is 5.75 Å². The molecule has 4 aromatic rings. The van der Waals surface area contributed by atoms with Crippen LogP contribution in [-0.2, 0) is 29.0 Å². The summed E-state index contributed by atoms with van der Waals surface area (Å²) in [5, 5.41) is 20.6. The molecule has 0 saturated carbocycles. The van der Waals surface area contributed by atoms with Crippen LogP contribution >= 0.6 is 23.2 Å². The van der Waals surface area contributed by atoms with Gasteiger partial charge in [0.05, 0.1) is 13.2 Å².